The van der Waals surface area contributed by atoms with Crippen LogP contribution in [-0.4, -0.2) is 31.1 Å². The van der Waals surface area contributed by atoms with Gasteiger partial charge in [0, 0.05) is 26.4 Å². The number of carbonyl (C=O) groups excluding carboxylic acids is 1. The molecule has 1 aromatic heterocycles. The first-order chi connectivity index (χ1) is 10.8. The van der Waals surface area contributed by atoms with Crippen molar-refractivity contribution in [2.45, 2.75) is 13.0 Å². The lowest BCUT2D eigenvalue weighted by Crippen LogP contribution is -2.22. The average Bonchev–Trinajstić information content (AvgIpc) is 2.59. The van der Waals surface area contributed by atoms with Gasteiger partial charge in [0.15, 0.2) is 0 Å². The number of rotatable bonds is 7. The number of ether oxygens (including phenoxy) is 1. The normalized spacial score (nSPS) is 11.7. The molecule has 1 aromatic carbocycles. The third kappa shape index (κ3) is 4.05. The number of nitrogens with zero attached hydrogens (tertiary/aromatic N) is 1. The molecule has 2 aromatic rings. The number of carbonyl (C=O) groups is 1. The summed E-state index contributed by atoms with van der Waals surface area (Å²) in [6, 6.07) is 13.5. The van der Waals surface area contributed by atoms with Crippen LogP contribution >= 0.6 is 0 Å². The van der Waals surface area contributed by atoms with Crippen molar-refractivity contribution < 1.29 is 9.53 Å². The number of pyridine rings is 1. The summed E-state index contributed by atoms with van der Waals surface area (Å²) >= 11 is 0. The summed E-state index contributed by atoms with van der Waals surface area (Å²) in [5.41, 5.74) is 1.61. The van der Waals surface area contributed by atoms with Crippen LogP contribution < -0.4 is 10.6 Å². The Hall–Kier alpha value is -2.40. The summed E-state index contributed by atoms with van der Waals surface area (Å²) in [7, 11) is 1.60. The van der Waals surface area contributed by atoms with Crippen LogP contribution in [0.4, 0.5) is 5.82 Å². The average molecular weight is 299 g/mol. The van der Waals surface area contributed by atoms with Gasteiger partial charge in [-0.05, 0) is 24.6 Å². The van der Waals surface area contributed by atoms with Crippen LogP contribution in [0.1, 0.15) is 28.9 Å². The van der Waals surface area contributed by atoms with Gasteiger partial charge in [0.05, 0.1) is 11.7 Å². The molecule has 116 valence electrons. The van der Waals surface area contributed by atoms with E-state index in [0.29, 0.717) is 24.5 Å². The van der Waals surface area contributed by atoms with Crippen LogP contribution in [0.3, 0.4) is 0 Å². The van der Waals surface area contributed by atoms with Crippen molar-refractivity contribution in [3.05, 3.63) is 59.8 Å². The molecule has 0 saturated heterocycles. The fraction of sp³-hybridized carbons (Fsp3) is 0.294. The molecule has 0 radical (unpaired) electrons. The number of benzene rings is 1. The van der Waals surface area contributed by atoms with Crippen LogP contribution in [0, 0.1) is 0 Å². The van der Waals surface area contributed by atoms with Crippen LogP contribution in [-0.2, 0) is 4.74 Å². The van der Waals surface area contributed by atoms with Crippen molar-refractivity contribution in [1.82, 2.24) is 10.3 Å². The highest BCUT2D eigenvalue weighted by Crippen LogP contribution is 2.19. The molecule has 1 heterocycles. The lowest BCUT2D eigenvalue weighted by Gasteiger charge is -2.19. The summed E-state index contributed by atoms with van der Waals surface area (Å²) < 4.78 is 5.79. The molecule has 2 N–H and O–H groups in total. The molecule has 2 rings (SSSR count). The minimum Gasteiger partial charge on any atom is -0.372 e. The summed E-state index contributed by atoms with van der Waals surface area (Å²) in [4.78, 5) is 16.1. The number of aromatic nitrogens is 1. The molecular formula is C17H21N3O2. The molecule has 0 fully saturated rings. The first kappa shape index (κ1) is 16.0. The number of nitrogens with one attached hydrogen (secondary N) is 2. The molecule has 5 nitrogen and oxygen atoms in total. The Bertz CT molecular complexity index is 602. The van der Waals surface area contributed by atoms with E-state index in [-0.39, 0.29) is 12.0 Å². The largest absolute Gasteiger partial charge is 0.372 e. The molecule has 0 bridgehead atoms. The van der Waals surface area contributed by atoms with E-state index in [1.54, 1.807) is 25.4 Å². The van der Waals surface area contributed by atoms with E-state index in [4.69, 9.17) is 4.74 Å². The lowest BCUT2D eigenvalue weighted by molar-refractivity contribution is 0.0718. The van der Waals surface area contributed by atoms with E-state index in [2.05, 4.69) is 15.6 Å². The molecule has 0 aliphatic carbocycles. The second kappa shape index (κ2) is 8.14. The van der Waals surface area contributed by atoms with E-state index in [9.17, 15) is 4.79 Å². The summed E-state index contributed by atoms with van der Waals surface area (Å²) in [6.07, 6.45) is 1.57. The van der Waals surface area contributed by atoms with E-state index < -0.39 is 0 Å². The molecule has 1 unspecified atom stereocenters. The lowest BCUT2D eigenvalue weighted by atomic mass is 10.1. The molecule has 0 aliphatic rings. The minimum atomic E-state index is -0.164. The summed E-state index contributed by atoms with van der Waals surface area (Å²) in [5, 5.41) is 5.83. The fourth-order valence-corrected chi connectivity index (χ4v) is 2.20. The molecule has 0 spiro atoms. The number of anilines is 1. The van der Waals surface area contributed by atoms with Gasteiger partial charge in [0.1, 0.15) is 5.82 Å². The smallest absolute Gasteiger partial charge is 0.254 e. The zero-order chi connectivity index (χ0) is 15.8. The number of hydrogen-bond acceptors (Lipinski definition) is 4. The quantitative estimate of drug-likeness (QED) is 0.825. The number of amides is 1. The standard InChI is InChI=1S/C17H21N3O2/c1-3-22-15(13-8-5-4-6-9-13)12-20-16-14(17(21)18-2)10-7-11-19-16/h4-11,15H,3,12H2,1-2H3,(H,18,21)(H,19,20). The maximum Gasteiger partial charge on any atom is 0.254 e. The molecule has 0 saturated carbocycles. The fourth-order valence-electron chi connectivity index (χ4n) is 2.20. The van der Waals surface area contributed by atoms with Crippen LogP contribution in [0.25, 0.3) is 0 Å². The van der Waals surface area contributed by atoms with Gasteiger partial charge in [-0.2, -0.15) is 0 Å². The first-order valence-corrected chi connectivity index (χ1v) is 7.33. The van der Waals surface area contributed by atoms with Crippen molar-refractivity contribution in [1.29, 1.82) is 0 Å². The predicted molar refractivity (Wildman–Crippen MR) is 86.9 cm³/mol. The SMILES string of the molecule is CCOC(CNc1ncccc1C(=O)NC)c1ccccc1. The van der Waals surface area contributed by atoms with Gasteiger partial charge in [0.25, 0.3) is 5.91 Å². The van der Waals surface area contributed by atoms with Crippen molar-refractivity contribution in [2.24, 2.45) is 0 Å². The van der Waals surface area contributed by atoms with Crippen molar-refractivity contribution in [3.8, 4) is 0 Å². The second-order valence-electron chi connectivity index (χ2n) is 4.71. The Morgan fingerprint density at radius 2 is 2.00 bits per heavy atom. The minimum absolute atomic E-state index is 0.0919. The highest BCUT2D eigenvalue weighted by atomic mass is 16.5. The first-order valence-electron chi connectivity index (χ1n) is 7.33. The molecule has 0 aliphatic heterocycles. The van der Waals surface area contributed by atoms with Crippen LogP contribution in [0.2, 0.25) is 0 Å². The zero-order valence-electron chi connectivity index (χ0n) is 12.9. The monoisotopic (exact) mass is 299 g/mol. The van der Waals surface area contributed by atoms with E-state index >= 15 is 0 Å². The van der Waals surface area contributed by atoms with Crippen LogP contribution in [0.15, 0.2) is 48.7 Å². The van der Waals surface area contributed by atoms with Crippen LogP contribution in [0.5, 0.6) is 0 Å². The Balaban J connectivity index is 2.12. The summed E-state index contributed by atoms with van der Waals surface area (Å²) in [5.74, 6) is 0.394. The van der Waals surface area contributed by atoms with E-state index in [1.807, 2.05) is 37.3 Å². The molecule has 5 heteroatoms. The highest BCUT2D eigenvalue weighted by Gasteiger charge is 2.14. The van der Waals surface area contributed by atoms with Gasteiger partial charge in [-0.3, -0.25) is 4.79 Å². The van der Waals surface area contributed by atoms with Gasteiger partial charge < -0.3 is 15.4 Å². The maximum absolute atomic E-state index is 11.9. The van der Waals surface area contributed by atoms with Gasteiger partial charge in [-0.1, -0.05) is 30.3 Å². The topological polar surface area (TPSA) is 63.2 Å². The summed E-state index contributed by atoms with van der Waals surface area (Å²) in [6.45, 7) is 3.12. The molecule has 22 heavy (non-hydrogen) atoms. The third-order valence-corrected chi connectivity index (χ3v) is 3.27. The number of hydrogen-bond donors (Lipinski definition) is 2. The van der Waals surface area contributed by atoms with Crippen molar-refractivity contribution >= 4 is 11.7 Å². The van der Waals surface area contributed by atoms with Gasteiger partial charge in [-0.25, -0.2) is 4.98 Å². The van der Waals surface area contributed by atoms with E-state index in [1.165, 1.54) is 0 Å². The molecule has 1 amide bonds. The Kier molecular flexibility index (Phi) is 5.91. The molecular weight excluding hydrogens is 278 g/mol. The van der Waals surface area contributed by atoms with E-state index in [0.717, 1.165) is 5.56 Å². The molecule has 1 atom stereocenters. The van der Waals surface area contributed by atoms with Gasteiger partial charge in [0.2, 0.25) is 0 Å². The Morgan fingerprint density at radius 3 is 2.68 bits per heavy atom. The predicted octanol–water partition coefficient (Wildman–Crippen LogP) is 2.63. The van der Waals surface area contributed by atoms with Crippen molar-refractivity contribution in [2.75, 3.05) is 25.5 Å². The Labute approximate surface area is 130 Å². The van der Waals surface area contributed by atoms with Crippen molar-refractivity contribution in [3.63, 3.8) is 0 Å². The second-order valence-corrected chi connectivity index (χ2v) is 4.71. The third-order valence-electron chi connectivity index (χ3n) is 3.27. The Morgan fingerprint density at radius 1 is 1.23 bits per heavy atom. The maximum atomic E-state index is 11.9. The zero-order valence-corrected chi connectivity index (χ0v) is 12.9. The highest BCUT2D eigenvalue weighted by molar-refractivity contribution is 5.98. The van der Waals surface area contributed by atoms with Gasteiger partial charge >= 0.3 is 0 Å². The van der Waals surface area contributed by atoms with Gasteiger partial charge in [-0.15, -0.1) is 0 Å².